The van der Waals surface area contributed by atoms with Gasteiger partial charge in [-0.3, -0.25) is 4.79 Å². The number of rotatable bonds is 6. The second-order valence-corrected chi connectivity index (χ2v) is 8.90. The number of hydrogen-bond acceptors (Lipinski definition) is 5. The zero-order valence-corrected chi connectivity index (χ0v) is 18.2. The lowest BCUT2D eigenvalue weighted by Gasteiger charge is -2.33. The zero-order valence-electron chi connectivity index (χ0n) is 17.4. The normalized spacial score (nSPS) is 15.4. The number of methoxy groups -OCH3 is 2. The molecule has 30 heavy (non-hydrogen) atoms. The van der Waals surface area contributed by atoms with Gasteiger partial charge in [-0.15, -0.1) is 0 Å². The van der Waals surface area contributed by atoms with Gasteiger partial charge in [0.25, 0.3) is 0 Å². The number of ether oxygens (including phenoxy) is 2. The highest BCUT2D eigenvalue weighted by Gasteiger charge is 2.32. The third kappa shape index (κ3) is 4.83. The van der Waals surface area contributed by atoms with Crippen molar-refractivity contribution in [2.45, 2.75) is 11.8 Å². The number of nitrogens with zero attached hydrogens (tertiary/aromatic N) is 2. The molecular formula is C22H26N2O5S. The largest absolute Gasteiger partial charge is 0.497 e. The predicted molar refractivity (Wildman–Crippen MR) is 115 cm³/mol. The van der Waals surface area contributed by atoms with Crippen molar-refractivity contribution in [2.24, 2.45) is 0 Å². The van der Waals surface area contributed by atoms with E-state index in [0.29, 0.717) is 18.8 Å². The molecule has 3 rings (SSSR count). The first-order valence-electron chi connectivity index (χ1n) is 9.61. The molecule has 1 heterocycles. The summed E-state index contributed by atoms with van der Waals surface area (Å²) in [6, 6.07) is 12.5. The summed E-state index contributed by atoms with van der Waals surface area (Å²) in [6.45, 7) is 3.08. The van der Waals surface area contributed by atoms with E-state index in [1.165, 1.54) is 30.7 Å². The highest BCUT2D eigenvalue weighted by atomic mass is 32.2. The van der Waals surface area contributed by atoms with E-state index in [4.69, 9.17) is 9.47 Å². The summed E-state index contributed by atoms with van der Waals surface area (Å²) in [5.41, 5.74) is 2.10. The van der Waals surface area contributed by atoms with E-state index < -0.39 is 10.0 Å². The topological polar surface area (TPSA) is 76.2 Å². The van der Waals surface area contributed by atoms with Crippen LogP contribution in [-0.4, -0.2) is 63.9 Å². The Kier molecular flexibility index (Phi) is 6.79. The van der Waals surface area contributed by atoms with Crippen molar-refractivity contribution in [1.29, 1.82) is 0 Å². The fraction of sp³-hybridized carbons (Fsp3) is 0.318. The maximum atomic E-state index is 13.1. The predicted octanol–water partition coefficient (Wildman–Crippen LogP) is 2.56. The van der Waals surface area contributed by atoms with Gasteiger partial charge in [-0.25, -0.2) is 8.42 Å². The van der Waals surface area contributed by atoms with Crippen LogP contribution in [0.2, 0.25) is 0 Å². The highest BCUT2D eigenvalue weighted by molar-refractivity contribution is 7.89. The Morgan fingerprint density at radius 3 is 2.23 bits per heavy atom. The van der Waals surface area contributed by atoms with Crippen LogP contribution in [-0.2, 0) is 14.8 Å². The maximum Gasteiger partial charge on any atom is 0.247 e. The monoisotopic (exact) mass is 430 g/mol. The summed E-state index contributed by atoms with van der Waals surface area (Å²) < 4.78 is 38.0. The van der Waals surface area contributed by atoms with Gasteiger partial charge in [0.05, 0.1) is 14.2 Å². The number of amides is 1. The van der Waals surface area contributed by atoms with Gasteiger partial charge in [-0.1, -0.05) is 29.8 Å². The van der Waals surface area contributed by atoms with Gasteiger partial charge < -0.3 is 14.4 Å². The van der Waals surface area contributed by atoms with Crippen LogP contribution in [0.5, 0.6) is 11.5 Å². The minimum absolute atomic E-state index is 0.0587. The van der Waals surface area contributed by atoms with Crippen LogP contribution in [0.3, 0.4) is 0 Å². The molecule has 0 unspecified atom stereocenters. The van der Waals surface area contributed by atoms with Gasteiger partial charge >= 0.3 is 0 Å². The molecule has 1 saturated heterocycles. The number of hydrogen-bond donors (Lipinski definition) is 0. The van der Waals surface area contributed by atoms with Crippen LogP contribution in [0.25, 0.3) is 6.08 Å². The molecular weight excluding hydrogens is 404 g/mol. The molecule has 2 aromatic carbocycles. The molecule has 1 aliphatic heterocycles. The number of benzene rings is 2. The molecule has 7 nitrogen and oxygen atoms in total. The first-order chi connectivity index (χ1) is 14.3. The molecule has 0 aromatic heterocycles. The van der Waals surface area contributed by atoms with E-state index in [2.05, 4.69) is 0 Å². The lowest BCUT2D eigenvalue weighted by Crippen LogP contribution is -2.50. The van der Waals surface area contributed by atoms with Crippen molar-refractivity contribution in [3.8, 4) is 11.5 Å². The SMILES string of the molecule is COc1ccc(OC)c(S(=O)(=O)N2CCN(C(=O)/C=C/c3ccc(C)cc3)CC2)c1. The number of carbonyl (C=O) groups excluding carboxylic acids is 1. The molecule has 0 saturated carbocycles. The Labute approximate surface area is 177 Å². The number of aryl methyl sites for hydroxylation is 1. The first kappa shape index (κ1) is 21.9. The second kappa shape index (κ2) is 9.32. The molecule has 0 aliphatic carbocycles. The Hall–Kier alpha value is -2.84. The van der Waals surface area contributed by atoms with Crippen LogP contribution >= 0.6 is 0 Å². The molecule has 8 heteroatoms. The maximum absolute atomic E-state index is 13.1. The van der Waals surface area contributed by atoms with Gasteiger partial charge in [0, 0.05) is 38.3 Å². The Bertz CT molecular complexity index is 1020. The summed E-state index contributed by atoms with van der Waals surface area (Å²) in [4.78, 5) is 14.2. The fourth-order valence-electron chi connectivity index (χ4n) is 3.22. The number of piperazine rings is 1. The molecule has 0 spiro atoms. The Balaban J connectivity index is 1.67. The molecule has 0 radical (unpaired) electrons. The van der Waals surface area contributed by atoms with Crippen molar-refractivity contribution in [3.63, 3.8) is 0 Å². The van der Waals surface area contributed by atoms with Gasteiger partial charge in [0.15, 0.2) is 0 Å². The van der Waals surface area contributed by atoms with Gasteiger partial charge in [0.2, 0.25) is 15.9 Å². The number of sulfonamides is 1. The molecule has 1 amide bonds. The average Bonchev–Trinajstić information content (AvgIpc) is 2.78. The minimum atomic E-state index is -3.77. The van der Waals surface area contributed by atoms with Crippen LogP contribution in [0, 0.1) is 6.92 Å². The summed E-state index contributed by atoms with van der Waals surface area (Å²) in [7, 11) is -0.866. The summed E-state index contributed by atoms with van der Waals surface area (Å²) in [5.74, 6) is 0.561. The summed E-state index contributed by atoms with van der Waals surface area (Å²) >= 11 is 0. The molecule has 1 aliphatic rings. The average molecular weight is 431 g/mol. The van der Waals surface area contributed by atoms with Crippen molar-refractivity contribution < 1.29 is 22.7 Å². The lowest BCUT2D eigenvalue weighted by molar-refractivity contribution is -0.127. The molecule has 0 atom stereocenters. The quantitative estimate of drug-likeness (QED) is 0.659. The smallest absolute Gasteiger partial charge is 0.247 e. The zero-order chi connectivity index (χ0) is 21.7. The first-order valence-corrected chi connectivity index (χ1v) is 11.0. The van der Waals surface area contributed by atoms with Crippen molar-refractivity contribution in [1.82, 2.24) is 9.21 Å². The Morgan fingerprint density at radius 1 is 0.967 bits per heavy atom. The minimum Gasteiger partial charge on any atom is -0.497 e. The van der Waals surface area contributed by atoms with Gasteiger partial charge in [0.1, 0.15) is 16.4 Å². The Morgan fingerprint density at radius 2 is 1.63 bits per heavy atom. The van der Waals surface area contributed by atoms with Gasteiger partial charge in [-0.05, 0) is 30.7 Å². The molecule has 0 N–H and O–H groups in total. The van der Waals surface area contributed by atoms with Crippen molar-refractivity contribution >= 4 is 22.0 Å². The van der Waals surface area contributed by atoms with E-state index in [1.807, 2.05) is 31.2 Å². The van der Waals surface area contributed by atoms with E-state index in [9.17, 15) is 13.2 Å². The lowest BCUT2D eigenvalue weighted by atomic mass is 10.1. The van der Waals surface area contributed by atoms with E-state index in [0.717, 1.165) is 11.1 Å². The summed E-state index contributed by atoms with van der Waals surface area (Å²) in [6.07, 6.45) is 3.30. The van der Waals surface area contributed by atoms with Gasteiger partial charge in [-0.2, -0.15) is 4.31 Å². The number of carbonyl (C=O) groups is 1. The van der Waals surface area contributed by atoms with Crippen LogP contribution < -0.4 is 9.47 Å². The standard InChI is InChI=1S/C22H26N2O5S/c1-17-4-6-18(7-5-17)8-11-22(25)23-12-14-24(15-13-23)30(26,27)21-16-19(28-2)9-10-20(21)29-3/h4-11,16H,12-15H2,1-3H3/b11-8+. The molecule has 160 valence electrons. The second-order valence-electron chi connectivity index (χ2n) is 6.99. The molecule has 2 aromatic rings. The van der Waals surface area contributed by atoms with E-state index >= 15 is 0 Å². The van der Waals surface area contributed by atoms with E-state index in [1.54, 1.807) is 23.1 Å². The van der Waals surface area contributed by atoms with E-state index in [-0.39, 0.29) is 29.6 Å². The third-order valence-electron chi connectivity index (χ3n) is 5.03. The molecule has 0 bridgehead atoms. The molecule has 1 fully saturated rings. The van der Waals surface area contributed by atoms with Crippen molar-refractivity contribution in [2.75, 3.05) is 40.4 Å². The third-order valence-corrected chi connectivity index (χ3v) is 6.95. The highest BCUT2D eigenvalue weighted by Crippen LogP contribution is 2.31. The van der Waals surface area contributed by atoms with Crippen LogP contribution in [0.4, 0.5) is 0 Å². The van der Waals surface area contributed by atoms with Crippen LogP contribution in [0.1, 0.15) is 11.1 Å². The van der Waals surface area contributed by atoms with Crippen LogP contribution in [0.15, 0.2) is 53.4 Å². The van der Waals surface area contributed by atoms with Crippen molar-refractivity contribution in [3.05, 3.63) is 59.7 Å². The fourth-order valence-corrected chi connectivity index (χ4v) is 4.82. The summed E-state index contributed by atoms with van der Waals surface area (Å²) in [5, 5.41) is 0.